The number of carbonyl (C=O) groups is 10. The summed E-state index contributed by atoms with van der Waals surface area (Å²) in [5.41, 5.74) is 4.99. The molecular formula is C64H98N10O14. The van der Waals surface area contributed by atoms with Gasteiger partial charge >= 0.3 is 30.2 Å². The number of fused-ring (bicyclic) bond motifs is 1. The highest BCUT2D eigenvalue weighted by Gasteiger charge is 2.47. The normalized spacial score (nSPS) is 14.0. The van der Waals surface area contributed by atoms with Gasteiger partial charge in [-0.3, -0.25) is 33.7 Å². The SMILES string of the molecule is CCOC(=O)CC[C@@H](NC(=O)/C(C)=C/[C@H](C(C)C)N(C)C(=O)[C@@H](NC(=O)[C@@H](N(C)C(=O)OCc1ccc(NC(=O)[C@H](CCCCNC(N)=O)NC(=O)C(NC(=O)OC(C)(C)C)C(C)C)cc1)C(C)(C)c1cn(C)c2ccccc12)C(C)(C)C)C(=O)OCC. The number of aryl methyl sites for hydroxylation is 1. The number of hydrogen-bond acceptors (Lipinski definition) is 14. The maximum Gasteiger partial charge on any atom is 0.410 e. The zero-order valence-corrected chi connectivity index (χ0v) is 54.9. The van der Waals surface area contributed by atoms with Crippen molar-refractivity contribution in [3.63, 3.8) is 0 Å². The van der Waals surface area contributed by atoms with E-state index in [4.69, 9.17) is 24.7 Å². The Bertz CT molecular complexity index is 2940. The smallest absolute Gasteiger partial charge is 0.410 e. The number of ether oxygens (including phenoxy) is 4. The predicted octanol–water partition coefficient (Wildman–Crippen LogP) is 7.26. The first-order chi connectivity index (χ1) is 40.9. The molecule has 0 bridgehead atoms. The Morgan fingerprint density at radius 2 is 1.33 bits per heavy atom. The number of nitrogens with two attached hydrogens (primary N) is 1. The van der Waals surface area contributed by atoms with E-state index in [9.17, 15) is 43.2 Å². The van der Waals surface area contributed by atoms with Gasteiger partial charge in [-0.2, -0.15) is 0 Å². The number of amides is 9. The highest BCUT2D eigenvalue weighted by atomic mass is 16.6. The van der Waals surface area contributed by atoms with E-state index in [1.54, 1.807) is 114 Å². The van der Waals surface area contributed by atoms with Crippen LogP contribution in [0.15, 0.2) is 66.4 Å². The van der Waals surface area contributed by atoms with Crippen molar-refractivity contribution >= 4 is 76.3 Å². The minimum atomic E-state index is -1.30. The molecule has 0 fully saturated rings. The Morgan fingerprint density at radius 1 is 0.705 bits per heavy atom. The summed E-state index contributed by atoms with van der Waals surface area (Å²) >= 11 is 0. The summed E-state index contributed by atoms with van der Waals surface area (Å²) in [6.07, 6.45) is 2.68. The van der Waals surface area contributed by atoms with E-state index in [1.165, 1.54) is 16.8 Å². The maximum absolute atomic E-state index is 15.3. The first-order valence-corrected chi connectivity index (χ1v) is 30.0. The fourth-order valence-corrected chi connectivity index (χ4v) is 10.0. The molecule has 488 valence electrons. The van der Waals surface area contributed by atoms with Crippen LogP contribution in [-0.2, 0) is 71.6 Å². The highest BCUT2D eigenvalue weighted by molar-refractivity contribution is 5.99. The number of unbranched alkanes of at least 4 members (excludes halogenated alkanes) is 1. The molecule has 0 aliphatic rings. The van der Waals surface area contributed by atoms with Crippen LogP contribution >= 0.6 is 0 Å². The fourth-order valence-electron chi connectivity index (χ4n) is 10.0. The summed E-state index contributed by atoms with van der Waals surface area (Å²) in [6.45, 7) is 26.4. The molecule has 0 spiro atoms. The van der Waals surface area contributed by atoms with Gasteiger partial charge in [0.05, 0.1) is 19.3 Å². The van der Waals surface area contributed by atoms with E-state index >= 15 is 4.79 Å². The zero-order valence-electron chi connectivity index (χ0n) is 54.9. The molecule has 0 aliphatic carbocycles. The van der Waals surface area contributed by atoms with Crippen molar-refractivity contribution in [2.45, 2.75) is 190 Å². The van der Waals surface area contributed by atoms with Gasteiger partial charge in [0, 0.05) is 67.9 Å². The maximum atomic E-state index is 15.3. The topological polar surface area (TPSA) is 317 Å². The molecule has 1 unspecified atom stereocenters. The Hall–Kier alpha value is -8.18. The molecule has 3 rings (SSSR count). The minimum absolute atomic E-state index is 0.0503. The van der Waals surface area contributed by atoms with Crippen molar-refractivity contribution in [3.05, 3.63) is 77.5 Å². The quantitative estimate of drug-likeness (QED) is 0.0150. The second kappa shape index (κ2) is 33.2. The molecule has 8 N–H and O–H groups in total. The van der Waals surface area contributed by atoms with Crippen molar-refractivity contribution in [3.8, 4) is 0 Å². The van der Waals surface area contributed by atoms with E-state index in [2.05, 4.69) is 31.9 Å². The van der Waals surface area contributed by atoms with Crippen LogP contribution in [0.2, 0.25) is 0 Å². The lowest BCUT2D eigenvalue weighted by molar-refractivity contribution is -0.148. The van der Waals surface area contributed by atoms with Gasteiger partial charge < -0.3 is 66.0 Å². The van der Waals surface area contributed by atoms with E-state index in [-0.39, 0.29) is 63.0 Å². The Kier molecular flexibility index (Phi) is 28.0. The summed E-state index contributed by atoms with van der Waals surface area (Å²) in [4.78, 5) is 138. The van der Waals surface area contributed by atoms with Gasteiger partial charge in [0.25, 0.3) is 0 Å². The summed E-state index contributed by atoms with van der Waals surface area (Å²) < 4.78 is 23.4. The number of alkyl carbamates (subject to hydrolysis) is 1. The van der Waals surface area contributed by atoms with Crippen molar-refractivity contribution in [2.75, 3.05) is 39.2 Å². The van der Waals surface area contributed by atoms with E-state index < -0.39 is 112 Å². The number of aromatic nitrogens is 1. The number of primary amides is 1. The second-order valence-corrected chi connectivity index (χ2v) is 25.3. The molecule has 1 aromatic heterocycles. The number of nitrogens with zero attached hydrogens (tertiary/aromatic N) is 3. The largest absolute Gasteiger partial charge is 0.466 e. The van der Waals surface area contributed by atoms with Crippen LogP contribution in [0.25, 0.3) is 10.9 Å². The first-order valence-electron chi connectivity index (χ1n) is 30.0. The van der Waals surface area contributed by atoms with Crippen molar-refractivity contribution in [2.24, 2.45) is 30.0 Å². The van der Waals surface area contributed by atoms with Crippen molar-refractivity contribution in [1.82, 2.24) is 41.0 Å². The number of hydrogen-bond donors (Lipinski definition) is 7. The molecule has 24 nitrogen and oxygen atoms in total. The molecule has 9 amide bonds. The van der Waals surface area contributed by atoms with Crippen molar-refractivity contribution < 1.29 is 66.9 Å². The average Bonchev–Trinajstić information content (AvgIpc) is 2.85. The highest BCUT2D eigenvalue weighted by Crippen LogP contribution is 2.37. The number of anilines is 1. The monoisotopic (exact) mass is 1230 g/mol. The van der Waals surface area contributed by atoms with Crippen LogP contribution in [0.3, 0.4) is 0 Å². The number of nitrogens with one attached hydrogen (secondary N) is 6. The van der Waals surface area contributed by atoms with Gasteiger partial charge in [-0.25, -0.2) is 19.2 Å². The van der Waals surface area contributed by atoms with Crippen LogP contribution in [0.5, 0.6) is 0 Å². The lowest BCUT2D eigenvalue weighted by atomic mass is 9.76. The van der Waals surface area contributed by atoms with E-state index in [0.717, 1.165) is 16.5 Å². The van der Waals surface area contributed by atoms with Gasteiger partial charge in [0.2, 0.25) is 29.5 Å². The molecule has 0 radical (unpaired) electrons. The van der Waals surface area contributed by atoms with Crippen molar-refractivity contribution in [1.29, 1.82) is 0 Å². The molecule has 24 heteroatoms. The molecular weight excluding hydrogens is 1130 g/mol. The molecule has 2 aromatic carbocycles. The summed E-state index contributed by atoms with van der Waals surface area (Å²) in [6, 6.07) is 6.97. The summed E-state index contributed by atoms with van der Waals surface area (Å²) in [5.74, 6) is -4.83. The number of para-hydroxylation sites is 1. The van der Waals surface area contributed by atoms with Crippen LogP contribution < -0.4 is 37.6 Å². The number of esters is 2. The van der Waals surface area contributed by atoms with Gasteiger partial charge in [-0.15, -0.1) is 0 Å². The third-order valence-corrected chi connectivity index (χ3v) is 14.7. The molecule has 0 saturated heterocycles. The van der Waals surface area contributed by atoms with Gasteiger partial charge in [-0.05, 0) is 114 Å². The number of benzene rings is 2. The lowest BCUT2D eigenvalue weighted by Gasteiger charge is -2.42. The third kappa shape index (κ3) is 22.2. The molecule has 3 aromatic rings. The minimum Gasteiger partial charge on any atom is -0.466 e. The van der Waals surface area contributed by atoms with E-state index in [0.29, 0.717) is 24.1 Å². The fraction of sp³-hybridized carbons (Fsp3) is 0.594. The zero-order chi connectivity index (χ0) is 66.6. The summed E-state index contributed by atoms with van der Waals surface area (Å²) in [5, 5.41) is 17.3. The van der Waals surface area contributed by atoms with E-state index in [1.807, 2.05) is 69.8 Å². The Morgan fingerprint density at radius 3 is 1.90 bits per heavy atom. The Labute approximate surface area is 518 Å². The molecule has 0 aliphatic heterocycles. The summed E-state index contributed by atoms with van der Waals surface area (Å²) in [7, 11) is 4.91. The second-order valence-electron chi connectivity index (χ2n) is 25.3. The molecule has 6 atom stereocenters. The standard InChI is InChI=1S/C64H98N10O14/c1-19-85-49(75)33-32-46(58(81)86-20-2)69-53(76)40(7)35-48(38(3)4)73(17)57(80)51(62(8,9)10)71-56(79)52(64(14,15)44-36-72(16)47-27-22-21-25-43(44)47)74(18)61(84)87-37-41-28-30-42(31-29-41)67-54(77)45(26-23-24-34-66-59(65)82)68-55(78)50(39(5)6)70-60(83)88-63(11,12)13/h21-22,25,27-31,35-36,38-39,45-46,48,50-52H,19-20,23-24,26,32-34,37H2,1-18H3,(H,67,77)(H,68,78)(H,69,76)(H,70,83)(H,71,79)(H3,65,66,82)/b40-35+/t45-,46+,48+,50?,51+,52+/m0/s1. The third-order valence-electron chi connectivity index (χ3n) is 14.7. The van der Waals surface area contributed by atoms with Gasteiger partial charge in [-0.1, -0.05) is 98.7 Å². The predicted molar refractivity (Wildman–Crippen MR) is 335 cm³/mol. The lowest BCUT2D eigenvalue weighted by Crippen LogP contribution is -2.63. The first kappa shape index (κ1) is 74.1. The molecule has 88 heavy (non-hydrogen) atoms. The number of rotatable bonds is 30. The average molecular weight is 1230 g/mol. The number of carbonyl (C=O) groups excluding carboxylic acids is 10. The molecule has 0 saturated carbocycles. The van der Waals surface area contributed by atoms with Crippen LogP contribution in [0.1, 0.15) is 147 Å². The Balaban J connectivity index is 1.95. The van der Waals surface area contributed by atoms with Gasteiger partial charge in [0.1, 0.15) is 42.4 Å². The van der Waals surface area contributed by atoms with Crippen LogP contribution in [-0.4, -0.2) is 150 Å². The number of likely N-dealkylation sites (N-methyl/N-ethyl adjacent to an activating group) is 2. The number of urea groups is 1. The van der Waals surface area contributed by atoms with Crippen LogP contribution in [0.4, 0.5) is 20.1 Å². The van der Waals surface area contributed by atoms with Crippen LogP contribution in [0, 0.1) is 17.3 Å². The van der Waals surface area contributed by atoms with Gasteiger partial charge in [0.15, 0.2) is 0 Å². The molecule has 1 heterocycles.